The second-order valence-electron chi connectivity index (χ2n) is 6.84. The van der Waals surface area contributed by atoms with Gasteiger partial charge in [-0.15, -0.1) is 11.3 Å². The first-order valence-electron chi connectivity index (χ1n) is 8.97. The van der Waals surface area contributed by atoms with Crippen molar-refractivity contribution in [1.29, 1.82) is 0 Å². The molecule has 1 saturated heterocycles. The van der Waals surface area contributed by atoms with Crippen LogP contribution in [0.15, 0.2) is 23.8 Å². The van der Waals surface area contributed by atoms with E-state index in [-0.39, 0.29) is 11.9 Å². The van der Waals surface area contributed by atoms with Crippen molar-refractivity contribution in [3.05, 3.63) is 40.1 Å². The number of carbonyl (C=O) groups is 1. The van der Waals surface area contributed by atoms with E-state index in [0.717, 1.165) is 51.5 Å². The Kier molecular flexibility index (Phi) is 4.87. The van der Waals surface area contributed by atoms with Crippen molar-refractivity contribution in [1.82, 2.24) is 24.7 Å². The molecular weight excluding hydrogens is 334 g/mol. The Balaban J connectivity index is 1.36. The average Bonchev–Trinajstić information content (AvgIpc) is 3.27. The van der Waals surface area contributed by atoms with E-state index < -0.39 is 0 Å². The Morgan fingerprint density at radius 3 is 3.20 bits per heavy atom. The second kappa shape index (κ2) is 7.27. The molecule has 2 aromatic heterocycles. The smallest absolute Gasteiger partial charge is 0.224 e. The number of aromatic nitrogens is 2. The predicted molar refractivity (Wildman–Crippen MR) is 98.4 cm³/mol. The maximum atomic E-state index is 12.7. The molecule has 1 unspecified atom stereocenters. The molecule has 0 saturated carbocycles. The summed E-state index contributed by atoms with van der Waals surface area (Å²) in [7, 11) is 2.03. The molecule has 0 aliphatic carbocycles. The molecule has 0 spiro atoms. The van der Waals surface area contributed by atoms with E-state index in [4.69, 9.17) is 0 Å². The van der Waals surface area contributed by atoms with Crippen molar-refractivity contribution in [3.8, 4) is 0 Å². The number of thiophene rings is 1. The van der Waals surface area contributed by atoms with Crippen molar-refractivity contribution < 1.29 is 4.79 Å². The summed E-state index contributed by atoms with van der Waals surface area (Å²) in [4.78, 5) is 23.1. The highest BCUT2D eigenvalue weighted by Gasteiger charge is 2.28. The van der Waals surface area contributed by atoms with Gasteiger partial charge in [-0.3, -0.25) is 9.69 Å². The summed E-state index contributed by atoms with van der Waals surface area (Å²) >= 11 is 1.81. The number of hydrogen-bond donors (Lipinski definition) is 1. The molecule has 2 aliphatic heterocycles. The molecule has 7 heteroatoms. The van der Waals surface area contributed by atoms with Crippen LogP contribution in [0.3, 0.4) is 0 Å². The van der Waals surface area contributed by atoms with Crippen molar-refractivity contribution >= 4 is 17.2 Å². The number of carbonyl (C=O) groups excluding carboxylic acids is 1. The summed E-state index contributed by atoms with van der Waals surface area (Å²) in [5.74, 6) is 1.34. The van der Waals surface area contributed by atoms with Gasteiger partial charge in [0.05, 0.1) is 6.04 Å². The number of imidazole rings is 1. The minimum atomic E-state index is 0.242. The first kappa shape index (κ1) is 16.8. The van der Waals surface area contributed by atoms with Crippen LogP contribution < -0.4 is 5.32 Å². The fraction of sp³-hybridized carbons (Fsp3) is 0.556. The molecule has 134 valence electrons. The summed E-state index contributed by atoms with van der Waals surface area (Å²) in [6.45, 7) is 5.25. The maximum absolute atomic E-state index is 12.7. The Labute approximate surface area is 152 Å². The molecule has 25 heavy (non-hydrogen) atoms. The highest BCUT2D eigenvalue weighted by atomic mass is 32.1. The number of nitrogens with zero attached hydrogens (tertiary/aromatic N) is 4. The molecule has 6 nitrogen and oxygen atoms in total. The van der Waals surface area contributed by atoms with E-state index >= 15 is 0 Å². The lowest BCUT2D eigenvalue weighted by Crippen LogP contribution is -2.48. The van der Waals surface area contributed by atoms with Gasteiger partial charge in [0, 0.05) is 70.0 Å². The highest BCUT2D eigenvalue weighted by Crippen LogP contribution is 2.25. The summed E-state index contributed by atoms with van der Waals surface area (Å²) in [5, 5.41) is 5.59. The van der Waals surface area contributed by atoms with Gasteiger partial charge in [0.25, 0.3) is 0 Å². The van der Waals surface area contributed by atoms with Gasteiger partial charge in [0.15, 0.2) is 0 Å². The molecule has 2 aliphatic rings. The molecule has 2 aromatic rings. The van der Waals surface area contributed by atoms with Gasteiger partial charge in [0.1, 0.15) is 5.82 Å². The second-order valence-corrected chi connectivity index (χ2v) is 7.84. The third-order valence-electron chi connectivity index (χ3n) is 5.28. The third-order valence-corrected chi connectivity index (χ3v) is 6.31. The summed E-state index contributed by atoms with van der Waals surface area (Å²) in [6, 6.07) is 2.40. The number of hydrogen-bond acceptors (Lipinski definition) is 5. The van der Waals surface area contributed by atoms with Crippen LogP contribution in [0, 0.1) is 0 Å². The number of nitrogens with one attached hydrogen (secondary N) is 1. The van der Waals surface area contributed by atoms with Crippen molar-refractivity contribution in [3.63, 3.8) is 0 Å². The zero-order valence-corrected chi connectivity index (χ0v) is 15.5. The van der Waals surface area contributed by atoms with Crippen molar-refractivity contribution in [2.24, 2.45) is 7.05 Å². The molecule has 1 atom stereocenters. The van der Waals surface area contributed by atoms with Crippen LogP contribution in [0.2, 0.25) is 0 Å². The Morgan fingerprint density at radius 2 is 2.36 bits per heavy atom. The molecule has 0 aromatic carbocycles. The molecule has 1 N–H and O–H groups in total. The van der Waals surface area contributed by atoms with Crippen LogP contribution >= 0.6 is 11.3 Å². The largest absolute Gasteiger partial charge is 0.338 e. The van der Waals surface area contributed by atoms with Crippen LogP contribution in [0.4, 0.5) is 0 Å². The quantitative estimate of drug-likeness (QED) is 0.897. The maximum Gasteiger partial charge on any atom is 0.224 e. The zero-order chi connectivity index (χ0) is 17.2. The van der Waals surface area contributed by atoms with Gasteiger partial charge in [-0.25, -0.2) is 4.98 Å². The average molecular weight is 359 g/mol. The summed E-state index contributed by atoms with van der Waals surface area (Å²) in [5.41, 5.74) is 1.33. The molecule has 4 heterocycles. The van der Waals surface area contributed by atoms with Gasteiger partial charge in [-0.2, -0.15) is 0 Å². The van der Waals surface area contributed by atoms with E-state index in [1.54, 1.807) is 0 Å². The van der Waals surface area contributed by atoms with E-state index in [1.165, 1.54) is 10.4 Å². The van der Waals surface area contributed by atoms with Crippen LogP contribution in [-0.4, -0.2) is 58.0 Å². The fourth-order valence-electron chi connectivity index (χ4n) is 3.83. The topological polar surface area (TPSA) is 53.4 Å². The van der Waals surface area contributed by atoms with E-state index in [2.05, 4.69) is 31.2 Å². The minimum Gasteiger partial charge on any atom is -0.338 e. The van der Waals surface area contributed by atoms with Gasteiger partial charge < -0.3 is 14.8 Å². The normalized spacial score (nSPS) is 21.3. The van der Waals surface area contributed by atoms with Crippen molar-refractivity contribution in [2.75, 3.05) is 32.7 Å². The molecule has 0 bridgehead atoms. The zero-order valence-electron chi connectivity index (χ0n) is 14.6. The lowest BCUT2D eigenvalue weighted by molar-refractivity contribution is -0.132. The number of rotatable bonds is 4. The SMILES string of the molecule is Cn1ccnc1C1CNCCN1CCC(=O)N1CCc2sccc2C1. The monoisotopic (exact) mass is 359 g/mol. The van der Waals surface area contributed by atoms with Gasteiger partial charge >= 0.3 is 0 Å². The Hall–Kier alpha value is -1.70. The van der Waals surface area contributed by atoms with Crippen LogP contribution in [0.25, 0.3) is 0 Å². The predicted octanol–water partition coefficient (Wildman–Crippen LogP) is 1.40. The van der Waals surface area contributed by atoms with Gasteiger partial charge in [0.2, 0.25) is 5.91 Å². The number of fused-ring (bicyclic) bond motifs is 1. The van der Waals surface area contributed by atoms with E-state index in [9.17, 15) is 4.79 Å². The lowest BCUT2D eigenvalue weighted by Gasteiger charge is -2.36. The molecule has 1 fully saturated rings. The van der Waals surface area contributed by atoms with Gasteiger partial charge in [-0.05, 0) is 23.4 Å². The van der Waals surface area contributed by atoms with Crippen LogP contribution in [0.1, 0.15) is 28.7 Å². The molecule has 4 rings (SSSR count). The first-order chi connectivity index (χ1) is 12.2. The van der Waals surface area contributed by atoms with E-state index in [0.29, 0.717) is 6.42 Å². The Bertz CT molecular complexity index is 739. The van der Waals surface area contributed by atoms with Gasteiger partial charge in [-0.1, -0.05) is 0 Å². The highest BCUT2D eigenvalue weighted by molar-refractivity contribution is 7.10. The number of amides is 1. The molecule has 1 amide bonds. The number of aryl methyl sites for hydroxylation is 1. The summed E-state index contributed by atoms with van der Waals surface area (Å²) in [6.07, 6.45) is 5.42. The van der Waals surface area contributed by atoms with E-state index in [1.807, 2.05) is 35.7 Å². The lowest BCUT2D eigenvalue weighted by atomic mass is 10.1. The van der Waals surface area contributed by atoms with Crippen LogP contribution in [0.5, 0.6) is 0 Å². The van der Waals surface area contributed by atoms with Crippen molar-refractivity contribution in [2.45, 2.75) is 25.4 Å². The Morgan fingerprint density at radius 1 is 1.44 bits per heavy atom. The molecule has 0 radical (unpaired) electrons. The number of piperazine rings is 1. The standard InChI is InChI=1S/C18H25N5OS/c1-21-9-6-20-18(21)15-12-19-5-10-22(15)8-3-17(24)23-7-2-16-14(13-23)4-11-25-16/h4,6,9,11,15,19H,2-3,5,7-8,10,12-13H2,1H3. The first-order valence-corrected chi connectivity index (χ1v) is 9.85. The third kappa shape index (κ3) is 3.49. The summed E-state index contributed by atoms with van der Waals surface area (Å²) < 4.78 is 2.08. The fourth-order valence-corrected chi connectivity index (χ4v) is 4.72. The van der Waals surface area contributed by atoms with Crippen LogP contribution in [-0.2, 0) is 24.8 Å². The minimum absolute atomic E-state index is 0.242. The molecular formula is C18H25N5OS.